The van der Waals surface area contributed by atoms with Gasteiger partial charge in [0.1, 0.15) is 5.60 Å². The van der Waals surface area contributed by atoms with Crippen molar-refractivity contribution in [3.8, 4) is 0 Å². The maximum Gasteiger partial charge on any atom is 0.330 e. The Kier molecular flexibility index (Phi) is 4.25. The molecule has 2 fully saturated rings. The molecular weight excluding hydrogens is 212 g/mol. The maximum absolute atomic E-state index is 11.8. The molecule has 17 heavy (non-hydrogen) atoms. The predicted molar refractivity (Wildman–Crippen MR) is 68.7 cm³/mol. The van der Waals surface area contributed by atoms with Crippen molar-refractivity contribution < 1.29 is 9.53 Å². The summed E-state index contributed by atoms with van der Waals surface area (Å²) in [5.41, 5.74) is -0.120. The third kappa shape index (κ3) is 2.91. The van der Waals surface area contributed by atoms with Crippen LogP contribution in [0.4, 0.5) is 0 Å². The summed E-state index contributed by atoms with van der Waals surface area (Å²) >= 11 is 0. The van der Waals surface area contributed by atoms with E-state index in [1.54, 1.807) is 12.2 Å². The molecule has 2 heteroatoms. The molecule has 0 aromatic rings. The highest BCUT2D eigenvalue weighted by Gasteiger charge is 2.43. The Morgan fingerprint density at radius 2 is 1.76 bits per heavy atom. The van der Waals surface area contributed by atoms with Crippen LogP contribution in [0.15, 0.2) is 12.2 Å². The Hall–Kier alpha value is -0.790. The van der Waals surface area contributed by atoms with Crippen LogP contribution in [0.2, 0.25) is 0 Å². The minimum atomic E-state index is -0.138. The zero-order chi connectivity index (χ0) is 12.1. The summed E-state index contributed by atoms with van der Waals surface area (Å²) in [7, 11) is 0. The third-order valence-electron chi connectivity index (χ3n) is 4.41. The van der Waals surface area contributed by atoms with Gasteiger partial charge in [-0.2, -0.15) is 0 Å². The maximum atomic E-state index is 11.8. The molecule has 2 aliphatic rings. The molecule has 0 aromatic heterocycles. The van der Waals surface area contributed by atoms with E-state index in [2.05, 4.69) is 0 Å². The van der Waals surface area contributed by atoms with Crippen molar-refractivity contribution in [3.05, 3.63) is 12.2 Å². The van der Waals surface area contributed by atoms with Crippen molar-refractivity contribution in [1.82, 2.24) is 0 Å². The number of hydrogen-bond acceptors (Lipinski definition) is 2. The summed E-state index contributed by atoms with van der Waals surface area (Å²) in [6.07, 6.45) is 14.4. The van der Waals surface area contributed by atoms with Gasteiger partial charge in [0.15, 0.2) is 0 Å². The van der Waals surface area contributed by atoms with Crippen molar-refractivity contribution in [2.75, 3.05) is 0 Å². The highest BCUT2D eigenvalue weighted by atomic mass is 16.6. The number of esters is 1. The average molecular weight is 236 g/mol. The van der Waals surface area contributed by atoms with Crippen LogP contribution < -0.4 is 0 Å². The van der Waals surface area contributed by atoms with E-state index >= 15 is 0 Å². The fourth-order valence-corrected chi connectivity index (χ4v) is 3.57. The first-order valence-electron chi connectivity index (χ1n) is 7.12. The molecule has 0 heterocycles. The third-order valence-corrected chi connectivity index (χ3v) is 4.41. The SMILES string of the molecule is CC=CC(=O)OC1(C2CCCC2)CCCCC1. The summed E-state index contributed by atoms with van der Waals surface area (Å²) in [5.74, 6) is 0.485. The lowest BCUT2D eigenvalue weighted by molar-refractivity contribution is -0.165. The van der Waals surface area contributed by atoms with Crippen LogP contribution in [-0.2, 0) is 9.53 Å². The second kappa shape index (κ2) is 5.70. The molecule has 2 aliphatic carbocycles. The molecule has 2 nitrogen and oxygen atoms in total. The van der Waals surface area contributed by atoms with Crippen molar-refractivity contribution in [3.63, 3.8) is 0 Å². The fraction of sp³-hybridized carbons (Fsp3) is 0.800. The van der Waals surface area contributed by atoms with Gasteiger partial charge in [-0.1, -0.05) is 25.3 Å². The van der Waals surface area contributed by atoms with Crippen LogP contribution in [0.5, 0.6) is 0 Å². The van der Waals surface area contributed by atoms with Gasteiger partial charge in [-0.15, -0.1) is 0 Å². The minimum absolute atomic E-state index is 0.120. The Balaban J connectivity index is 2.08. The van der Waals surface area contributed by atoms with E-state index in [0.29, 0.717) is 5.92 Å². The molecule has 0 aliphatic heterocycles. The standard InChI is InChI=1S/C15H24O2/c1-2-8-14(16)17-15(11-6-3-7-12-15)13-9-4-5-10-13/h2,8,13H,3-7,9-12H2,1H3. The summed E-state index contributed by atoms with van der Waals surface area (Å²) in [6.45, 7) is 1.87. The lowest BCUT2D eigenvalue weighted by Gasteiger charge is -2.41. The van der Waals surface area contributed by atoms with Crippen LogP contribution in [-0.4, -0.2) is 11.6 Å². The van der Waals surface area contributed by atoms with Gasteiger partial charge in [0.05, 0.1) is 0 Å². The molecule has 0 spiro atoms. The van der Waals surface area contributed by atoms with Crippen LogP contribution in [0, 0.1) is 5.92 Å². The summed E-state index contributed by atoms with van der Waals surface area (Å²) in [6, 6.07) is 0. The number of carbonyl (C=O) groups excluding carboxylic acids is 1. The van der Waals surface area contributed by atoms with Crippen LogP contribution >= 0.6 is 0 Å². The van der Waals surface area contributed by atoms with Gasteiger partial charge >= 0.3 is 5.97 Å². The van der Waals surface area contributed by atoms with E-state index in [-0.39, 0.29) is 11.6 Å². The molecule has 0 saturated heterocycles. The minimum Gasteiger partial charge on any atom is -0.456 e. The normalized spacial score (nSPS) is 25.2. The summed E-state index contributed by atoms with van der Waals surface area (Å²) < 4.78 is 5.88. The van der Waals surface area contributed by atoms with E-state index in [1.165, 1.54) is 44.9 Å². The largest absolute Gasteiger partial charge is 0.456 e. The fourth-order valence-electron chi connectivity index (χ4n) is 3.57. The molecule has 0 atom stereocenters. The molecule has 0 bridgehead atoms. The van der Waals surface area contributed by atoms with Crippen molar-refractivity contribution in [2.24, 2.45) is 5.92 Å². The topological polar surface area (TPSA) is 26.3 Å². The molecule has 0 N–H and O–H groups in total. The van der Waals surface area contributed by atoms with Gasteiger partial charge < -0.3 is 4.74 Å². The van der Waals surface area contributed by atoms with E-state index < -0.39 is 0 Å². The van der Waals surface area contributed by atoms with Gasteiger partial charge in [0, 0.05) is 6.08 Å². The Bertz CT molecular complexity index is 281. The zero-order valence-corrected chi connectivity index (χ0v) is 10.9. The van der Waals surface area contributed by atoms with Gasteiger partial charge in [-0.3, -0.25) is 0 Å². The second-order valence-corrected chi connectivity index (χ2v) is 5.53. The van der Waals surface area contributed by atoms with E-state index in [0.717, 1.165) is 12.8 Å². The molecule has 0 aromatic carbocycles. The molecule has 0 unspecified atom stereocenters. The smallest absolute Gasteiger partial charge is 0.330 e. The number of rotatable bonds is 3. The molecule has 0 amide bonds. The van der Waals surface area contributed by atoms with E-state index in [9.17, 15) is 4.79 Å². The Morgan fingerprint density at radius 3 is 2.35 bits per heavy atom. The lowest BCUT2D eigenvalue weighted by atomic mass is 9.74. The van der Waals surface area contributed by atoms with E-state index in [4.69, 9.17) is 4.74 Å². The van der Waals surface area contributed by atoms with Gasteiger partial charge in [0.2, 0.25) is 0 Å². The van der Waals surface area contributed by atoms with Crippen LogP contribution in [0.3, 0.4) is 0 Å². The zero-order valence-electron chi connectivity index (χ0n) is 10.9. The number of allylic oxidation sites excluding steroid dienone is 1. The van der Waals surface area contributed by atoms with Crippen molar-refractivity contribution >= 4 is 5.97 Å². The van der Waals surface area contributed by atoms with Gasteiger partial charge in [-0.25, -0.2) is 4.79 Å². The van der Waals surface area contributed by atoms with Gasteiger partial charge in [0.25, 0.3) is 0 Å². The molecular formula is C15H24O2. The van der Waals surface area contributed by atoms with Crippen molar-refractivity contribution in [2.45, 2.75) is 70.3 Å². The molecule has 2 saturated carbocycles. The number of carbonyl (C=O) groups is 1. The number of ether oxygens (including phenoxy) is 1. The quantitative estimate of drug-likeness (QED) is 0.547. The summed E-state index contributed by atoms with van der Waals surface area (Å²) in [5, 5.41) is 0. The van der Waals surface area contributed by atoms with Crippen LogP contribution in [0.25, 0.3) is 0 Å². The Labute approximate surface area is 104 Å². The molecule has 96 valence electrons. The first-order chi connectivity index (χ1) is 8.27. The van der Waals surface area contributed by atoms with E-state index in [1.807, 2.05) is 6.92 Å². The highest BCUT2D eigenvalue weighted by Crippen LogP contribution is 2.45. The lowest BCUT2D eigenvalue weighted by Crippen LogP contribution is -2.43. The van der Waals surface area contributed by atoms with Gasteiger partial charge in [-0.05, 0) is 51.4 Å². The second-order valence-electron chi connectivity index (χ2n) is 5.53. The first kappa shape index (κ1) is 12.7. The predicted octanol–water partition coefficient (Wildman–Crippen LogP) is 4.00. The highest BCUT2D eigenvalue weighted by molar-refractivity contribution is 5.82. The average Bonchev–Trinajstić information content (AvgIpc) is 2.84. The Morgan fingerprint density at radius 1 is 1.12 bits per heavy atom. The van der Waals surface area contributed by atoms with Crippen LogP contribution in [0.1, 0.15) is 64.7 Å². The monoisotopic (exact) mass is 236 g/mol. The molecule has 0 radical (unpaired) electrons. The summed E-state index contributed by atoms with van der Waals surface area (Å²) in [4.78, 5) is 11.8. The van der Waals surface area contributed by atoms with Crippen molar-refractivity contribution in [1.29, 1.82) is 0 Å². The number of hydrogen-bond donors (Lipinski definition) is 0. The first-order valence-corrected chi connectivity index (χ1v) is 7.12. The molecule has 2 rings (SSSR count).